The Hall–Kier alpha value is -1.68. The highest BCUT2D eigenvalue weighted by atomic mass is 16.2. The molecule has 1 amide bonds. The van der Waals surface area contributed by atoms with Gasteiger partial charge in [-0.1, -0.05) is 12.1 Å². The Morgan fingerprint density at radius 1 is 1.35 bits per heavy atom. The predicted molar refractivity (Wildman–Crippen MR) is 64.4 cm³/mol. The van der Waals surface area contributed by atoms with E-state index < -0.39 is 5.91 Å². The molecule has 1 saturated heterocycles. The average molecular weight is 230 g/mol. The molecule has 4 heteroatoms. The minimum atomic E-state index is -0.418. The number of amides is 1. The fourth-order valence-electron chi connectivity index (χ4n) is 2.71. The standard InChI is InChI=1S/C13H14N2O2/c1-15-10-4-2-3-9(8-5-6-14-7-8)11(10)12(16)13(15)17/h2-4,8,14H,5-7H2,1H3. The lowest BCUT2D eigenvalue weighted by molar-refractivity contribution is -0.114. The number of hydrogen-bond acceptors (Lipinski definition) is 3. The first kappa shape index (κ1) is 10.5. The van der Waals surface area contributed by atoms with E-state index in [0.717, 1.165) is 30.8 Å². The summed E-state index contributed by atoms with van der Waals surface area (Å²) in [5, 5.41) is 3.29. The number of carbonyl (C=O) groups excluding carboxylic acids is 2. The third kappa shape index (κ3) is 1.41. The smallest absolute Gasteiger partial charge is 0.299 e. The number of fused-ring (bicyclic) bond motifs is 1. The molecule has 0 aromatic heterocycles. The van der Waals surface area contributed by atoms with Crippen LogP contribution in [0.3, 0.4) is 0 Å². The van der Waals surface area contributed by atoms with E-state index in [2.05, 4.69) is 5.32 Å². The van der Waals surface area contributed by atoms with Crippen LogP contribution in [0, 0.1) is 0 Å². The number of Topliss-reactive ketones (excluding diaryl/α,β-unsaturated/α-hetero) is 1. The van der Waals surface area contributed by atoms with Gasteiger partial charge in [0.05, 0.1) is 11.3 Å². The second-order valence-corrected chi connectivity index (χ2v) is 4.62. The summed E-state index contributed by atoms with van der Waals surface area (Å²) in [6.45, 7) is 1.87. The predicted octanol–water partition coefficient (Wildman–Crippen LogP) is 0.923. The van der Waals surface area contributed by atoms with E-state index in [1.165, 1.54) is 4.90 Å². The summed E-state index contributed by atoms with van der Waals surface area (Å²) in [5.41, 5.74) is 2.40. The highest BCUT2D eigenvalue weighted by Crippen LogP contribution is 2.35. The molecule has 1 aromatic rings. The third-order valence-corrected chi connectivity index (χ3v) is 3.66. The van der Waals surface area contributed by atoms with Crippen LogP contribution in [-0.4, -0.2) is 31.8 Å². The summed E-state index contributed by atoms with van der Waals surface area (Å²) in [4.78, 5) is 25.1. The van der Waals surface area contributed by atoms with Crippen LogP contribution in [0.1, 0.15) is 28.3 Å². The van der Waals surface area contributed by atoms with Crippen molar-refractivity contribution in [1.82, 2.24) is 5.32 Å². The second-order valence-electron chi connectivity index (χ2n) is 4.62. The van der Waals surface area contributed by atoms with E-state index >= 15 is 0 Å². The van der Waals surface area contributed by atoms with Crippen molar-refractivity contribution in [2.75, 3.05) is 25.0 Å². The molecule has 3 rings (SSSR count). The minimum absolute atomic E-state index is 0.355. The molecule has 2 aliphatic heterocycles. The summed E-state index contributed by atoms with van der Waals surface area (Å²) in [6.07, 6.45) is 1.03. The van der Waals surface area contributed by atoms with Crippen LogP contribution in [0.15, 0.2) is 18.2 Å². The number of ketones is 1. The highest BCUT2D eigenvalue weighted by Gasteiger charge is 2.37. The normalized spacial score (nSPS) is 23.4. The molecule has 0 spiro atoms. The van der Waals surface area contributed by atoms with Gasteiger partial charge in [-0.25, -0.2) is 0 Å². The van der Waals surface area contributed by atoms with Crippen molar-refractivity contribution >= 4 is 17.4 Å². The van der Waals surface area contributed by atoms with Crippen LogP contribution < -0.4 is 10.2 Å². The van der Waals surface area contributed by atoms with Crippen molar-refractivity contribution in [3.05, 3.63) is 29.3 Å². The maximum atomic E-state index is 12.0. The minimum Gasteiger partial charge on any atom is -0.316 e. The van der Waals surface area contributed by atoms with Gasteiger partial charge in [-0.05, 0) is 30.5 Å². The van der Waals surface area contributed by atoms with Gasteiger partial charge in [-0.15, -0.1) is 0 Å². The molecule has 0 radical (unpaired) electrons. The molecule has 1 N–H and O–H groups in total. The van der Waals surface area contributed by atoms with E-state index in [-0.39, 0.29) is 5.78 Å². The quantitative estimate of drug-likeness (QED) is 0.730. The van der Waals surface area contributed by atoms with Crippen molar-refractivity contribution in [2.45, 2.75) is 12.3 Å². The Morgan fingerprint density at radius 2 is 2.18 bits per heavy atom. The molecule has 2 heterocycles. The van der Waals surface area contributed by atoms with E-state index in [9.17, 15) is 9.59 Å². The van der Waals surface area contributed by atoms with Gasteiger partial charge >= 0.3 is 0 Å². The summed E-state index contributed by atoms with van der Waals surface area (Å²) in [7, 11) is 1.66. The topological polar surface area (TPSA) is 49.4 Å². The van der Waals surface area contributed by atoms with Crippen molar-refractivity contribution < 1.29 is 9.59 Å². The number of anilines is 1. The first-order valence-corrected chi connectivity index (χ1v) is 5.86. The zero-order chi connectivity index (χ0) is 12.0. The Balaban J connectivity index is 2.14. The van der Waals surface area contributed by atoms with Gasteiger partial charge in [-0.2, -0.15) is 0 Å². The first-order chi connectivity index (χ1) is 8.20. The molecule has 1 aromatic carbocycles. The molecule has 1 unspecified atom stereocenters. The summed E-state index contributed by atoms with van der Waals surface area (Å²) >= 11 is 0. The van der Waals surface area contributed by atoms with Crippen LogP contribution in [0.4, 0.5) is 5.69 Å². The van der Waals surface area contributed by atoms with E-state index in [1.54, 1.807) is 7.05 Å². The van der Waals surface area contributed by atoms with Gasteiger partial charge in [0.1, 0.15) is 0 Å². The number of rotatable bonds is 1. The number of benzene rings is 1. The van der Waals surface area contributed by atoms with Gasteiger partial charge in [0.25, 0.3) is 11.7 Å². The zero-order valence-corrected chi connectivity index (χ0v) is 9.69. The molecule has 88 valence electrons. The van der Waals surface area contributed by atoms with Crippen molar-refractivity contribution in [1.29, 1.82) is 0 Å². The number of likely N-dealkylation sites (N-methyl/N-ethyl adjacent to an activating group) is 1. The molecular weight excluding hydrogens is 216 g/mol. The number of carbonyl (C=O) groups is 2. The Labute approximate surface area is 99.6 Å². The maximum absolute atomic E-state index is 12.0. The third-order valence-electron chi connectivity index (χ3n) is 3.66. The van der Waals surface area contributed by atoms with Crippen molar-refractivity contribution in [3.63, 3.8) is 0 Å². The molecule has 1 fully saturated rings. The fraction of sp³-hybridized carbons (Fsp3) is 0.385. The Morgan fingerprint density at radius 3 is 2.88 bits per heavy atom. The molecule has 2 aliphatic rings. The largest absolute Gasteiger partial charge is 0.316 e. The monoisotopic (exact) mass is 230 g/mol. The molecule has 0 aliphatic carbocycles. The van der Waals surface area contributed by atoms with Gasteiger partial charge in [0.2, 0.25) is 0 Å². The lowest BCUT2D eigenvalue weighted by Gasteiger charge is -2.14. The Bertz CT molecular complexity index is 504. The number of nitrogens with zero attached hydrogens (tertiary/aromatic N) is 1. The van der Waals surface area contributed by atoms with Crippen LogP contribution in [-0.2, 0) is 4.79 Å². The zero-order valence-electron chi connectivity index (χ0n) is 9.69. The van der Waals surface area contributed by atoms with Crippen LogP contribution in [0.5, 0.6) is 0 Å². The summed E-state index contributed by atoms with van der Waals surface area (Å²) < 4.78 is 0. The summed E-state index contributed by atoms with van der Waals surface area (Å²) in [5.74, 6) is -0.420. The van der Waals surface area contributed by atoms with Crippen LogP contribution in [0.25, 0.3) is 0 Å². The van der Waals surface area contributed by atoms with Crippen molar-refractivity contribution in [3.8, 4) is 0 Å². The fourth-order valence-corrected chi connectivity index (χ4v) is 2.71. The number of nitrogens with one attached hydrogen (secondary N) is 1. The lowest BCUT2D eigenvalue weighted by Crippen LogP contribution is -2.24. The van der Waals surface area contributed by atoms with Crippen LogP contribution in [0.2, 0.25) is 0 Å². The molecule has 0 saturated carbocycles. The van der Waals surface area contributed by atoms with Crippen LogP contribution >= 0.6 is 0 Å². The van der Waals surface area contributed by atoms with E-state index in [4.69, 9.17) is 0 Å². The average Bonchev–Trinajstić information content (AvgIpc) is 2.94. The van der Waals surface area contributed by atoms with Gasteiger partial charge in [0.15, 0.2) is 0 Å². The van der Waals surface area contributed by atoms with Gasteiger partial charge in [-0.3, -0.25) is 9.59 Å². The molecule has 0 bridgehead atoms. The molecule has 1 atom stereocenters. The first-order valence-electron chi connectivity index (χ1n) is 5.86. The van der Waals surface area contributed by atoms with Crippen molar-refractivity contribution in [2.24, 2.45) is 0 Å². The van der Waals surface area contributed by atoms with Gasteiger partial charge in [0, 0.05) is 13.6 Å². The summed E-state index contributed by atoms with van der Waals surface area (Å²) in [6, 6.07) is 5.74. The second kappa shape index (κ2) is 3.67. The van der Waals surface area contributed by atoms with E-state index in [1.807, 2.05) is 18.2 Å². The Kier molecular flexibility index (Phi) is 2.26. The maximum Gasteiger partial charge on any atom is 0.299 e. The molecular formula is C13H14N2O2. The van der Waals surface area contributed by atoms with E-state index in [0.29, 0.717) is 11.5 Å². The highest BCUT2D eigenvalue weighted by molar-refractivity contribution is 6.52. The lowest BCUT2D eigenvalue weighted by atomic mass is 9.92. The molecule has 4 nitrogen and oxygen atoms in total. The SMILES string of the molecule is CN1C(=O)C(=O)c2c(C3CCNC3)cccc21. The number of hydrogen-bond donors (Lipinski definition) is 1. The molecule has 17 heavy (non-hydrogen) atoms. The van der Waals surface area contributed by atoms with Gasteiger partial charge < -0.3 is 10.2 Å².